The molecule has 0 bridgehead atoms. The highest BCUT2D eigenvalue weighted by atomic mass is 16.1. The minimum Gasteiger partial charge on any atom is -0.309 e. The summed E-state index contributed by atoms with van der Waals surface area (Å²) in [5.74, 6) is 0.766. The van der Waals surface area contributed by atoms with E-state index in [1.54, 1.807) is 6.08 Å². The van der Waals surface area contributed by atoms with E-state index in [0.717, 1.165) is 12.1 Å². The quantitative estimate of drug-likeness (QED) is 0.728. The van der Waals surface area contributed by atoms with Crippen molar-refractivity contribution in [3.63, 3.8) is 0 Å². The maximum absolute atomic E-state index is 11.9. The van der Waals surface area contributed by atoms with Crippen molar-refractivity contribution in [1.82, 2.24) is 4.90 Å². The summed E-state index contributed by atoms with van der Waals surface area (Å²) < 4.78 is 0. The van der Waals surface area contributed by atoms with Crippen LogP contribution in [-0.2, 0) is 4.79 Å². The van der Waals surface area contributed by atoms with Crippen LogP contribution < -0.4 is 0 Å². The van der Waals surface area contributed by atoms with E-state index in [4.69, 9.17) is 0 Å². The van der Waals surface area contributed by atoms with Gasteiger partial charge in [0.25, 0.3) is 0 Å². The minimum atomic E-state index is 0.0428. The van der Waals surface area contributed by atoms with Crippen LogP contribution in [-0.4, -0.2) is 31.3 Å². The average molecular weight is 259 g/mol. The molecule has 0 unspecified atom stereocenters. The monoisotopic (exact) mass is 259 g/mol. The van der Waals surface area contributed by atoms with Crippen LogP contribution in [0, 0.1) is 5.92 Å². The normalized spacial score (nSPS) is 13.4. The molecule has 1 aromatic rings. The number of allylic oxidation sites excluding steroid dienone is 1. The lowest BCUT2D eigenvalue weighted by Crippen LogP contribution is -2.24. The number of rotatable bonds is 6. The summed E-state index contributed by atoms with van der Waals surface area (Å²) in [5.41, 5.74) is 2.40. The third-order valence-electron chi connectivity index (χ3n) is 3.17. The molecule has 2 heteroatoms. The average Bonchev–Trinajstić information content (AvgIpc) is 2.35. The van der Waals surface area contributed by atoms with Crippen LogP contribution in [0.2, 0.25) is 0 Å². The standard InChI is InChI=1S/C17H25NO/c1-13(2)16-9-6-15(7-10-16)8-11-17(19)14(3)12-18(4)5/h6-11,13-14H,12H2,1-5H3/b11-8+/t14-/m1/s1. The summed E-state index contributed by atoms with van der Waals surface area (Å²) in [5, 5.41) is 0. The summed E-state index contributed by atoms with van der Waals surface area (Å²) in [6.07, 6.45) is 3.59. The van der Waals surface area contributed by atoms with Gasteiger partial charge in [0, 0.05) is 12.5 Å². The van der Waals surface area contributed by atoms with E-state index in [1.807, 2.05) is 32.0 Å². The van der Waals surface area contributed by atoms with Crippen molar-refractivity contribution in [3.8, 4) is 0 Å². The molecule has 0 aliphatic carbocycles. The first-order valence-electron chi connectivity index (χ1n) is 6.86. The predicted molar refractivity (Wildman–Crippen MR) is 82.3 cm³/mol. The Labute approximate surface area is 117 Å². The lowest BCUT2D eigenvalue weighted by Gasteiger charge is -2.13. The second-order valence-corrected chi connectivity index (χ2v) is 5.72. The smallest absolute Gasteiger partial charge is 0.159 e. The molecule has 0 spiro atoms. The van der Waals surface area contributed by atoms with Gasteiger partial charge >= 0.3 is 0 Å². The highest BCUT2D eigenvalue weighted by Gasteiger charge is 2.10. The molecule has 0 saturated heterocycles. The third-order valence-corrected chi connectivity index (χ3v) is 3.17. The number of carbonyl (C=O) groups is 1. The van der Waals surface area contributed by atoms with E-state index in [0.29, 0.717) is 5.92 Å². The first-order valence-corrected chi connectivity index (χ1v) is 6.86. The Morgan fingerprint density at radius 3 is 2.21 bits per heavy atom. The SMILES string of the molecule is CC(C)c1ccc(/C=C/C(=O)[C@H](C)CN(C)C)cc1. The summed E-state index contributed by atoms with van der Waals surface area (Å²) in [6, 6.07) is 8.38. The van der Waals surface area contributed by atoms with Crippen molar-refractivity contribution >= 4 is 11.9 Å². The number of benzene rings is 1. The van der Waals surface area contributed by atoms with Gasteiger partial charge in [0.1, 0.15) is 0 Å². The molecule has 1 atom stereocenters. The van der Waals surface area contributed by atoms with Crippen molar-refractivity contribution in [2.45, 2.75) is 26.7 Å². The maximum atomic E-state index is 11.9. The molecule has 0 saturated carbocycles. The van der Waals surface area contributed by atoms with Gasteiger partial charge < -0.3 is 4.90 Å². The fourth-order valence-electron chi connectivity index (χ4n) is 1.97. The zero-order chi connectivity index (χ0) is 14.4. The lowest BCUT2D eigenvalue weighted by molar-refractivity contribution is -0.118. The van der Waals surface area contributed by atoms with Crippen LogP contribution in [0.3, 0.4) is 0 Å². The molecule has 0 aromatic heterocycles. The molecule has 0 radical (unpaired) electrons. The molecule has 0 aliphatic rings. The van der Waals surface area contributed by atoms with Gasteiger partial charge in [-0.2, -0.15) is 0 Å². The van der Waals surface area contributed by atoms with Gasteiger partial charge in [0.2, 0.25) is 0 Å². The highest BCUT2D eigenvalue weighted by molar-refractivity contribution is 5.95. The molecular weight excluding hydrogens is 234 g/mol. The third kappa shape index (κ3) is 5.39. The predicted octanol–water partition coefficient (Wildman–Crippen LogP) is 3.59. The topological polar surface area (TPSA) is 20.3 Å². The Morgan fingerprint density at radius 1 is 1.16 bits per heavy atom. The van der Waals surface area contributed by atoms with Crippen molar-refractivity contribution in [2.75, 3.05) is 20.6 Å². The molecular formula is C17H25NO. The molecule has 0 heterocycles. The van der Waals surface area contributed by atoms with Crippen molar-refractivity contribution in [3.05, 3.63) is 41.5 Å². The minimum absolute atomic E-state index is 0.0428. The second kappa shape index (κ2) is 7.25. The number of carbonyl (C=O) groups excluding carboxylic acids is 1. The van der Waals surface area contributed by atoms with Gasteiger partial charge in [-0.25, -0.2) is 0 Å². The van der Waals surface area contributed by atoms with Gasteiger partial charge in [-0.05, 0) is 37.2 Å². The van der Waals surface area contributed by atoms with E-state index in [1.165, 1.54) is 5.56 Å². The Hall–Kier alpha value is -1.41. The van der Waals surface area contributed by atoms with E-state index < -0.39 is 0 Å². The van der Waals surface area contributed by atoms with Gasteiger partial charge in [0.05, 0.1) is 0 Å². The van der Waals surface area contributed by atoms with E-state index in [9.17, 15) is 4.79 Å². The fraction of sp³-hybridized carbons (Fsp3) is 0.471. The summed E-state index contributed by atoms with van der Waals surface area (Å²) >= 11 is 0. The highest BCUT2D eigenvalue weighted by Crippen LogP contribution is 2.15. The van der Waals surface area contributed by atoms with Crippen LogP contribution in [0.25, 0.3) is 6.08 Å². The molecule has 0 fully saturated rings. The van der Waals surface area contributed by atoms with Crippen LogP contribution in [0.4, 0.5) is 0 Å². The Bertz CT molecular complexity index is 429. The number of ketones is 1. The largest absolute Gasteiger partial charge is 0.309 e. The van der Waals surface area contributed by atoms with Gasteiger partial charge in [-0.3, -0.25) is 4.79 Å². The Balaban J connectivity index is 2.63. The number of hydrogen-bond acceptors (Lipinski definition) is 2. The molecule has 0 aliphatic heterocycles. The van der Waals surface area contributed by atoms with Crippen LogP contribution in [0.15, 0.2) is 30.3 Å². The molecule has 1 rings (SSSR count). The number of hydrogen-bond donors (Lipinski definition) is 0. The maximum Gasteiger partial charge on any atom is 0.159 e. The van der Waals surface area contributed by atoms with Crippen molar-refractivity contribution in [2.24, 2.45) is 5.92 Å². The fourth-order valence-corrected chi connectivity index (χ4v) is 1.97. The Morgan fingerprint density at radius 2 is 1.74 bits per heavy atom. The van der Waals surface area contributed by atoms with E-state index in [2.05, 4.69) is 38.1 Å². The molecule has 104 valence electrons. The zero-order valence-electron chi connectivity index (χ0n) is 12.7. The van der Waals surface area contributed by atoms with Crippen molar-refractivity contribution in [1.29, 1.82) is 0 Å². The second-order valence-electron chi connectivity index (χ2n) is 5.72. The summed E-state index contributed by atoms with van der Waals surface area (Å²) in [7, 11) is 3.97. The van der Waals surface area contributed by atoms with Crippen LogP contribution >= 0.6 is 0 Å². The molecule has 2 nitrogen and oxygen atoms in total. The number of nitrogens with zero attached hydrogens (tertiary/aromatic N) is 1. The first-order chi connectivity index (χ1) is 8.90. The molecule has 0 amide bonds. The van der Waals surface area contributed by atoms with Crippen LogP contribution in [0.1, 0.15) is 37.8 Å². The Kier molecular flexibility index (Phi) is 5.97. The molecule has 1 aromatic carbocycles. The molecule has 0 N–H and O–H groups in total. The first kappa shape index (κ1) is 15.6. The van der Waals surface area contributed by atoms with Gasteiger partial charge in [-0.15, -0.1) is 0 Å². The van der Waals surface area contributed by atoms with Gasteiger partial charge in [-0.1, -0.05) is 51.1 Å². The molecule has 19 heavy (non-hydrogen) atoms. The zero-order valence-corrected chi connectivity index (χ0v) is 12.7. The van der Waals surface area contributed by atoms with Gasteiger partial charge in [0.15, 0.2) is 5.78 Å². The van der Waals surface area contributed by atoms with E-state index in [-0.39, 0.29) is 11.7 Å². The van der Waals surface area contributed by atoms with Crippen molar-refractivity contribution < 1.29 is 4.79 Å². The lowest BCUT2D eigenvalue weighted by atomic mass is 10.0. The van der Waals surface area contributed by atoms with E-state index >= 15 is 0 Å². The summed E-state index contributed by atoms with van der Waals surface area (Å²) in [4.78, 5) is 13.9. The summed E-state index contributed by atoms with van der Waals surface area (Å²) in [6.45, 7) is 7.11. The van der Waals surface area contributed by atoms with Crippen LogP contribution in [0.5, 0.6) is 0 Å².